The van der Waals surface area contributed by atoms with Gasteiger partial charge in [0.2, 0.25) is 0 Å². The highest BCUT2D eigenvalue weighted by Gasteiger charge is 2.16. The fraction of sp³-hybridized carbons (Fsp3) is 0.333. The molecule has 8 nitrogen and oxygen atoms in total. The van der Waals surface area contributed by atoms with Crippen molar-refractivity contribution < 1.29 is 14.5 Å². The van der Waals surface area contributed by atoms with E-state index >= 15 is 0 Å². The topological polar surface area (TPSA) is 110 Å². The largest absolute Gasteiger partial charge is 0.444 e. The maximum Gasteiger partial charge on any atom is 0.407 e. The summed E-state index contributed by atoms with van der Waals surface area (Å²) in [6.45, 7) is 5.62. The summed E-state index contributed by atoms with van der Waals surface area (Å²) in [5, 5.41) is 20.9. The molecule has 1 heterocycles. The van der Waals surface area contributed by atoms with E-state index in [-0.39, 0.29) is 12.2 Å². The van der Waals surface area contributed by atoms with E-state index < -0.39 is 16.6 Å². The van der Waals surface area contributed by atoms with Crippen LogP contribution in [0.5, 0.6) is 0 Å². The van der Waals surface area contributed by atoms with Gasteiger partial charge in [-0.3, -0.25) is 15.2 Å². The highest BCUT2D eigenvalue weighted by atomic mass is 16.6. The molecule has 1 amide bonds. The van der Waals surface area contributed by atoms with Crippen LogP contribution in [0.2, 0.25) is 0 Å². The molecule has 8 heteroatoms. The number of aromatic amines is 1. The smallest absolute Gasteiger partial charge is 0.407 e. The van der Waals surface area contributed by atoms with E-state index in [1.165, 1.54) is 6.07 Å². The molecule has 0 aliphatic heterocycles. The first-order chi connectivity index (χ1) is 10.8. The molecule has 0 bridgehead atoms. The van der Waals surface area contributed by atoms with Gasteiger partial charge in [-0.1, -0.05) is 18.2 Å². The first-order valence-electron chi connectivity index (χ1n) is 7.03. The zero-order chi connectivity index (χ0) is 17.0. The van der Waals surface area contributed by atoms with Gasteiger partial charge in [-0.2, -0.15) is 5.10 Å². The Balaban J connectivity index is 2.04. The normalized spacial score (nSPS) is 11.8. The predicted molar refractivity (Wildman–Crippen MR) is 86.0 cm³/mol. The summed E-state index contributed by atoms with van der Waals surface area (Å²) in [4.78, 5) is 22.0. The number of hydrogen-bond donors (Lipinski definition) is 2. The Kier molecular flexibility index (Phi) is 4.63. The molecule has 0 fully saturated rings. The second kappa shape index (κ2) is 6.47. The Hall–Kier alpha value is -2.90. The molecule has 122 valence electrons. The lowest BCUT2D eigenvalue weighted by Gasteiger charge is -2.19. The fourth-order valence-corrected chi connectivity index (χ4v) is 1.95. The third-order valence-corrected chi connectivity index (χ3v) is 2.84. The predicted octanol–water partition coefficient (Wildman–Crippen LogP) is 3.01. The molecular weight excluding hydrogens is 300 g/mol. The summed E-state index contributed by atoms with van der Waals surface area (Å²) < 4.78 is 5.11. The van der Waals surface area contributed by atoms with Gasteiger partial charge in [0.1, 0.15) is 5.60 Å². The van der Waals surface area contributed by atoms with Gasteiger partial charge >= 0.3 is 6.09 Å². The SMILES string of the molecule is CC(C)(C)OC(=O)NCC=Cc1[nH]nc2c([N+](=O)[O-])cccc12. The van der Waals surface area contributed by atoms with Crippen LogP contribution in [0.25, 0.3) is 17.0 Å². The zero-order valence-electron chi connectivity index (χ0n) is 13.1. The molecule has 23 heavy (non-hydrogen) atoms. The maximum absolute atomic E-state index is 11.5. The van der Waals surface area contributed by atoms with Crippen LogP contribution in [0.15, 0.2) is 24.3 Å². The van der Waals surface area contributed by atoms with E-state index in [1.54, 1.807) is 45.1 Å². The number of nitrogens with one attached hydrogen (secondary N) is 2. The highest BCUT2D eigenvalue weighted by molar-refractivity contribution is 5.92. The minimum Gasteiger partial charge on any atom is -0.444 e. The Morgan fingerprint density at radius 3 is 2.87 bits per heavy atom. The van der Waals surface area contributed by atoms with Crippen LogP contribution < -0.4 is 5.32 Å². The molecular formula is C15H18N4O4. The highest BCUT2D eigenvalue weighted by Crippen LogP contribution is 2.25. The van der Waals surface area contributed by atoms with Crippen molar-refractivity contribution in [2.24, 2.45) is 0 Å². The third kappa shape index (κ3) is 4.29. The summed E-state index contributed by atoms with van der Waals surface area (Å²) >= 11 is 0. The standard InChI is InChI=1S/C15H18N4O4/c1-15(2,3)23-14(20)16-9-5-7-11-10-6-4-8-12(19(21)22)13(10)18-17-11/h4-8H,9H2,1-3H3,(H,16,20)(H,17,18). The average molecular weight is 318 g/mol. The summed E-state index contributed by atoms with van der Waals surface area (Å²) in [6.07, 6.45) is 2.90. The van der Waals surface area contributed by atoms with Gasteiger partial charge in [-0.25, -0.2) is 4.79 Å². The second-order valence-corrected chi connectivity index (χ2v) is 5.85. The molecule has 2 N–H and O–H groups in total. The number of amides is 1. The number of hydrogen-bond acceptors (Lipinski definition) is 5. The van der Waals surface area contributed by atoms with E-state index in [4.69, 9.17) is 4.74 Å². The van der Waals surface area contributed by atoms with Crippen molar-refractivity contribution in [3.8, 4) is 0 Å². The molecule has 0 radical (unpaired) electrons. The van der Waals surface area contributed by atoms with E-state index in [2.05, 4.69) is 15.5 Å². The number of para-hydroxylation sites is 1. The first-order valence-corrected chi connectivity index (χ1v) is 7.03. The second-order valence-electron chi connectivity index (χ2n) is 5.85. The summed E-state index contributed by atoms with van der Waals surface area (Å²) in [6, 6.07) is 4.75. The monoisotopic (exact) mass is 318 g/mol. The number of fused-ring (bicyclic) bond motifs is 1. The summed E-state index contributed by atoms with van der Waals surface area (Å²) in [7, 11) is 0. The molecule has 0 spiro atoms. The minimum absolute atomic E-state index is 0.0507. The van der Waals surface area contributed by atoms with Crippen molar-refractivity contribution in [3.63, 3.8) is 0 Å². The van der Waals surface area contributed by atoms with E-state index in [0.29, 0.717) is 16.6 Å². The molecule has 1 aromatic carbocycles. The van der Waals surface area contributed by atoms with E-state index in [9.17, 15) is 14.9 Å². The number of nitro groups is 1. The number of benzene rings is 1. The number of aromatic nitrogens is 2. The fourth-order valence-electron chi connectivity index (χ4n) is 1.95. The molecule has 0 saturated heterocycles. The number of rotatable bonds is 4. The number of carbonyl (C=O) groups is 1. The van der Waals surface area contributed by atoms with Gasteiger partial charge < -0.3 is 10.1 Å². The maximum atomic E-state index is 11.5. The van der Waals surface area contributed by atoms with Crippen molar-refractivity contribution in [3.05, 3.63) is 40.1 Å². The lowest BCUT2D eigenvalue weighted by Crippen LogP contribution is -2.32. The van der Waals surface area contributed by atoms with Crippen molar-refractivity contribution in [2.75, 3.05) is 6.54 Å². The Labute approximate surface area is 132 Å². The van der Waals surface area contributed by atoms with Crippen LogP contribution in [0.1, 0.15) is 26.5 Å². The summed E-state index contributed by atoms with van der Waals surface area (Å²) in [5.74, 6) is 0. The number of alkyl carbamates (subject to hydrolysis) is 1. The van der Waals surface area contributed by atoms with Crippen molar-refractivity contribution in [2.45, 2.75) is 26.4 Å². The Bertz CT molecular complexity index is 758. The van der Waals surface area contributed by atoms with Gasteiger partial charge in [-0.05, 0) is 26.8 Å². The van der Waals surface area contributed by atoms with Crippen LogP contribution in [0.3, 0.4) is 0 Å². The average Bonchev–Trinajstić information content (AvgIpc) is 2.84. The molecule has 0 aliphatic rings. The lowest BCUT2D eigenvalue weighted by molar-refractivity contribution is -0.383. The molecule has 0 unspecified atom stereocenters. The number of H-pyrrole nitrogens is 1. The van der Waals surface area contributed by atoms with Crippen LogP contribution in [-0.2, 0) is 4.74 Å². The van der Waals surface area contributed by atoms with Crippen molar-refractivity contribution in [1.82, 2.24) is 15.5 Å². The Morgan fingerprint density at radius 2 is 2.22 bits per heavy atom. The zero-order valence-corrected chi connectivity index (χ0v) is 13.1. The molecule has 1 aromatic heterocycles. The summed E-state index contributed by atoms with van der Waals surface area (Å²) in [5.41, 5.74) is 0.337. The first kappa shape index (κ1) is 16.5. The number of nitrogens with zero attached hydrogens (tertiary/aromatic N) is 2. The van der Waals surface area contributed by atoms with E-state index in [0.717, 1.165) is 0 Å². The number of nitro benzene ring substituents is 1. The van der Waals surface area contributed by atoms with Gasteiger partial charge in [-0.15, -0.1) is 0 Å². The Morgan fingerprint density at radius 1 is 1.48 bits per heavy atom. The van der Waals surface area contributed by atoms with Crippen LogP contribution in [0, 0.1) is 10.1 Å². The third-order valence-electron chi connectivity index (χ3n) is 2.84. The van der Waals surface area contributed by atoms with Crippen LogP contribution in [-0.4, -0.2) is 33.4 Å². The van der Waals surface area contributed by atoms with Gasteiger partial charge in [0.15, 0.2) is 5.52 Å². The number of ether oxygens (including phenoxy) is 1. The van der Waals surface area contributed by atoms with Crippen molar-refractivity contribution in [1.29, 1.82) is 0 Å². The molecule has 2 aromatic rings. The lowest BCUT2D eigenvalue weighted by atomic mass is 10.2. The quantitative estimate of drug-likeness (QED) is 0.665. The van der Waals surface area contributed by atoms with Crippen LogP contribution >= 0.6 is 0 Å². The molecule has 0 atom stereocenters. The number of non-ortho nitro benzene ring substituents is 1. The van der Waals surface area contributed by atoms with Crippen molar-refractivity contribution >= 4 is 28.8 Å². The van der Waals surface area contributed by atoms with Gasteiger partial charge in [0, 0.05) is 18.0 Å². The minimum atomic E-state index is -0.549. The van der Waals surface area contributed by atoms with Gasteiger partial charge in [0.05, 0.1) is 10.6 Å². The van der Waals surface area contributed by atoms with Crippen LogP contribution in [0.4, 0.5) is 10.5 Å². The van der Waals surface area contributed by atoms with E-state index in [1.807, 2.05) is 0 Å². The molecule has 0 saturated carbocycles. The van der Waals surface area contributed by atoms with Gasteiger partial charge in [0.25, 0.3) is 5.69 Å². The molecule has 2 rings (SSSR count). The molecule has 0 aliphatic carbocycles. The number of carbonyl (C=O) groups excluding carboxylic acids is 1.